The van der Waals surface area contributed by atoms with Gasteiger partial charge >= 0.3 is 5.97 Å². The molecule has 1 unspecified atom stereocenters. The summed E-state index contributed by atoms with van der Waals surface area (Å²) in [5, 5.41) is 17.9. The van der Waals surface area contributed by atoms with E-state index < -0.39 is 16.8 Å². The number of nitrogens with one attached hydrogen (secondary N) is 1. The number of ether oxygens (including phenoxy) is 1. The Bertz CT molecular complexity index is 788. The van der Waals surface area contributed by atoms with Gasteiger partial charge < -0.3 is 10.1 Å². The Hall–Kier alpha value is -3.23. The summed E-state index contributed by atoms with van der Waals surface area (Å²) in [4.78, 5) is 34.6. The van der Waals surface area contributed by atoms with Crippen LogP contribution in [0.2, 0.25) is 0 Å². The van der Waals surface area contributed by atoms with Gasteiger partial charge in [-0.2, -0.15) is 5.10 Å². The average molecular weight is 360 g/mol. The van der Waals surface area contributed by atoms with Crippen LogP contribution in [0.5, 0.6) is 0 Å². The van der Waals surface area contributed by atoms with Gasteiger partial charge in [-0.25, -0.2) is 4.79 Å². The van der Waals surface area contributed by atoms with Crippen molar-refractivity contribution in [2.75, 3.05) is 13.2 Å². The van der Waals surface area contributed by atoms with Crippen LogP contribution in [-0.4, -0.2) is 39.7 Å². The van der Waals surface area contributed by atoms with Crippen LogP contribution in [0.25, 0.3) is 0 Å². The maximum absolute atomic E-state index is 12.4. The third-order valence-electron chi connectivity index (χ3n) is 3.57. The zero-order valence-electron chi connectivity index (χ0n) is 14.5. The second-order valence-electron chi connectivity index (χ2n) is 5.79. The van der Waals surface area contributed by atoms with Crippen LogP contribution in [0.15, 0.2) is 36.7 Å². The first kappa shape index (κ1) is 19.1. The van der Waals surface area contributed by atoms with Crippen molar-refractivity contribution in [2.45, 2.75) is 20.4 Å². The Labute approximate surface area is 150 Å². The SMILES string of the molecule is CCOC(=O)c1cc(C(=O)NCC(C)Cn2cccn2)cc([N+](=O)[O-])c1. The van der Waals surface area contributed by atoms with E-state index in [0.29, 0.717) is 13.1 Å². The standard InChI is InChI=1S/C17H20N4O5/c1-3-26-17(23)14-7-13(8-15(9-14)21(24)25)16(22)18-10-12(2)11-20-6-4-5-19-20/h4-9,12H,3,10-11H2,1-2H3,(H,18,22). The van der Waals surface area contributed by atoms with E-state index in [9.17, 15) is 19.7 Å². The zero-order valence-corrected chi connectivity index (χ0v) is 14.5. The predicted octanol–water partition coefficient (Wildman–Crippen LogP) is 2.03. The highest BCUT2D eigenvalue weighted by Crippen LogP contribution is 2.18. The molecule has 0 aliphatic carbocycles. The second-order valence-corrected chi connectivity index (χ2v) is 5.79. The van der Waals surface area contributed by atoms with E-state index in [-0.39, 0.29) is 29.3 Å². The molecule has 26 heavy (non-hydrogen) atoms. The van der Waals surface area contributed by atoms with E-state index in [2.05, 4.69) is 10.4 Å². The quantitative estimate of drug-likeness (QED) is 0.437. The number of benzene rings is 1. The Morgan fingerprint density at radius 1 is 1.35 bits per heavy atom. The lowest BCUT2D eigenvalue weighted by Crippen LogP contribution is -2.30. The van der Waals surface area contributed by atoms with Crippen molar-refractivity contribution in [1.82, 2.24) is 15.1 Å². The lowest BCUT2D eigenvalue weighted by Gasteiger charge is -2.13. The minimum Gasteiger partial charge on any atom is -0.462 e. The molecule has 1 aromatic carbocycles. The summed E-state index contributed by atoms with van der Waals surface area (Å²) < 4.78 is 6.60. The predicted molar refractivity (Wildman–Crippen MR) is 92.8 cm³/mol. The smallest absolute Gasteiger partial charge is 0.338 e. The van der Waals surface area contributed by atoms with E-state index in [0.717, 1.165) is 12.1 Å². The molecule has 9 nitrogen and oxygen atoms in total. The van der Waals surface area contributed by atoms with Crippen LogP contribution >= 0.6 is 0 Å². The minimum atomic E-state index is -0.711. The molecule has 9 heteroatoms. The number of rotatable bonds is 8. The number of hydrogen-bond acceptors (Lipinski definition) is 6. The summed E-state index contributed by atoms with van der Waals surface area (Å²) in [6, 6.07) is 5.33. The van der Waals surface area contributed by atoms with E-state index in [1.54, 1.807) is 17.8 Å². The molecular formula is C17H20N4O5. The third kappa shape index (κ3) is 5.13. The van der Waals surface area contributed by atoms with E-state index in [1.807, 2.05) is 19.2 Å². The summed E-state index contributed by atoms with van der Waals surface area (Å²) in [5.74, 6) is -1.11. The van der Waals surface area contributed by atoms with Crippen molar-refractivity contribution in [3.05, 3.63) is 57.9 Å². The van der Waals surface area contributed by atoms with Crippen LogP contribution in [0.4, 0.5) is 5.69 Å². The Balaban J connectivity index is 2.08. The molecule has 0 saturated heterocycles. The van der Waals surface area contributed by atoms with Gasteiger partial charge in [0.1, 0.15) is 0 Å². The molecule has 0 aliphatic heterocycles. The Morgan fingerprint density at radius 2 is 2.08 bits per heavy atom. The first-order valence-electron chi connectivity index (χ1n) is 8.13. The number of nitro groups is 1. The number of non-ortho nitro benzene ring substituents is 1. The van der Waals surface area contributed by atoms with Crippen LogP contribution in [-0.2, 0) is 11.3 Å². The lowest BCUT2D eigenvalue weighted by molar-refractivity contribution is -0.384. The maximum Gasteiger partial charge on any atom is 0.338 e. The molecule has 1 heterocycles. The van der Waals surface area contributed by atoms with Crippen molar-refractivity contribution < 1.29 is 19.2 Å². The fourth-order valence-corrected chi connectivity index (χ4v) is 2.34. The van der Waals surface area contributed by atoms with Crippen molar-refractivity contribution in [3.63, 3.8) is 0 Å². The van der Waals surface area contributed by atoms with E-state index in [1.165, 1.54) is 6.07 Å². The second kappa shape index (κ2) is 8.75. The molecule has 1 N–H and O–H groups in total. The van der Waals surface area contributed by atoms with Crippen molar-refractivity contribution >= 4 is 17.6 Å². The van der Waals surface area contributed by atoms with Gasteiger partial charge in [0.15, 0.2) is 0 Å². The molecule has 0 aliphatic rings. The number of esters is 1. The van der Waals surface area contributed by atoms with Crippen LogP contribution < -0.4 is 5.32 Å². The first-order chi connectivity index (χ1) is 12.4. The highest BCUT2D eigenvalue weighted by Gasteiger charge is 2.19. The third-order valence-corrected chi connectivity index (χ3v) is 3.57. The molecule has 1 atom stereocenters. The summed E-state index contributed by atoms with van der Waals surface area (Å²) in [6.07, 6.45) is 3.50. The maximum atomic E-state index is 12.4. The Morgan fingerprint density at radius 3 is 2.69 bits per heavy atom. The molecular weight excluding hydrogens is 340 g/mol. The topological polar surface area (TPSA) is 116 Å². The van der Waals surface area contributed by atoms with Gasteiger partial charge in [0.25, 0.3) is 11.6 Å². The number of carbonyl (C=O) groups is 2. The number of hydrogen-bond donors (Lipinski definition) is 1. The molecule has 1 aromatic heterocycles. The van der Waals surface area contributed by atoms with Crippen molar-refractivity contribution in [2.24, 2.45) is 5.92 Å². The fraction of sp³-hybridized carbons (Fsp3) is 0.353. The van der Waals surface area contributed by atoms with Gasteiger partial charge in [-0.1, -0.05) is 6.92 Å². The zero-order chi connectivity index (χ0) is 19.1. The van der Waals surface area contributed by atoms with Crippen molar-refractivity contribution in [1.29, 1.82) is 0 Å². The summed E-state index contributed by atoms with van der Waals surface area (Å²) in [5.41, 5.74) is -0.338. The van der Waals surface area contributed by atoms with E-state index in [4.69, 9.17) is 4.74 Å². The van der Waals surface area contributed by atoms with Crippen molar-refractivity contribution in [3.8, 4) is 0 Å². The first-order valence-corrected chi connectivity index (χ1v) is 8.13. The number of nitro benzene ring substituents is 1. The normalized spacial score (nSPS) is 11.6. The molecule has 2 aromatic rings. The van der Waals surface area contributed by atoms with Crippen LogP contribution in [0, 0.1) is 16.0 Å². The fourth-order valence-electron chi connectivity index (χ4n) is 2.34. The highest BCUT2D eigenvalue weighted by atomic mass is 16.6. The molecule has 0 saturated carbocycles. The number of nitrogens with zero attached hydrogens (tertiary/aromatic N) is 3. The average Bonchev–Trinajstić information content (AvgIpc) is 3.12. The molecule has 2 rings (SSSR count). The van der Waals surface area contributed by atoms with Gasteiger partial charge in [-0.15, -0.1) is 0 Å². The summed E-state index contributed by atoms with van der Waals surface area (Å²) >= 11 is 0. The molecule has 0 radical (unpaired) electrons. The minimum absolute atomic E-state index is 0.0317. The molecule has 0 fully saturated rings. The van der Waals surface area contributed by atoms with Gasteiger partial charge in [-0.05, 0) is 25.0 Å². The molecule has 1 amide bonds. The largest absolute Gasteiger partial charge is 0.462 e. The Kier molecular flexibility index (Phi) is 6.42. The number of amides is 1. The number of aromatic nitrogens is 2. The molecule has 0 bridgehead atoms. The number of carbonyl (C=O) groups excluding carboxylic acids is 2. The lowest BCUT2D eigenvalue weighted by atomic mass is 10.1. The van der Waals surface area contributed by atoms with Gasteiger partial charge in [-0.3, -0.25) is 19.6 Å². The van der Waals surface area contributed by atoms with Crippen LogP contribution in [0.3, 0.4) is 0 Å². The summed E-state index contributed by atoms with van der Waals surface area (Å²) in [7, 11) is 0. The van der Waals surface area contributed by atoms with Gasteiger partial charge in [0.2, 0.25) is 0 Å². The van der Waals surface area contributed by atoms with Gasteiger partial charge in [0, 0.05) is 43.2 Å². The van der Waals surface area contributed by atoms with E-state index >= 15 is 0 Å². The van der Waals surface area contributed by atoms with Gasteiger partial charge in [0.05, 0.1) is 17.1 Å². The molecule has 0 spiro atoms. The monoisotopic (exact) mass is 360 g/mol. The highest BCUT2D eigenvalue weighted by molar-refractivity contribution is 5.99. The molecule has 138 valence electrons. The summed E-state index contributed by atoms with van der Waals surface area (Å²) in [6.45, 7) is 4.68. The van der Waals surface area contributed by atoms with Crippen LogP contribution in [0.1, 0.15) is 34.6 Å².